The van der Waals surface area contributed by atoms with Crippen LogP contribution in [0.4, 0.5) is 0 Å². The number of sulfonamides is 1. The van der Waals surface area contributed by atoms with Gasteiger partial charge in [-0.05, 0) is 56.0 Å². The van der Waals surface area contributed by atoms with Crippen LogP contribution in [0.1, 0.15) is 49.1 Å². The van der Waals surface area contributed by atoms with Crippen molar-refractivity contribution in [1.29, 1.82) is 0 Å². The van der Waals surface area contributed by atoms with Gasteiger partial charge in [-0.15, -0.1) is 11.3 Å². The van der Waals surface area contributed by atoms with Crippen molar-refractivity contribution in [3.05, 3.63) is 21.9 Å². The predicted molar refractivity (Wildman–Crippen MR) is 87.2 cm³/mol. The fourth-order valence-corrected chi connectivity index (χ4v) is 5.55. The van der Waals surface area contributed by atoms with Gasteiger partial charge in [-0.3, -0.25) is 0 Å². The predicted octanol–water partition coefficient (Wildman–Crippen LogP) is 2.53. The maximum atomic E-state index is 11.9. The molecule has 0 saturated carbocycles. The monoisotopic (exact) mass is 328 g/mol. The van der Waals surface area contributed by atoms with Crippen LogP contribution in [-0.4, -0.2) is 37.6 Å². The highest BCUT2D eigenvalue weighted by molar-refractivity contribution is 7.89. The number of thiophene rings is 1. The van der Waals surface area contributed by atoms with E-state index in [-0.39, 0.29) is 5.75 Å². The molecule has 1 aliphatic carbocycles. The van der Waals surface area contributed by atoms with Crippen LogP contribution in [0.25, 0.3) is 0 Å². The van der Waals surface area contributed by atoms with Crippen molar-refractivity contribution in [3.63, 3.8) is 0 Å². The molecule has 0 aromatic carbocycles. The zero-order valence-electron chi connectivity index (χ0n) is 12.5. The molecule has 2 aliphatic rings. The van der Waals surface area contributed by atoms with Crippen molar-refractivity contribution in [3.8, 4) is 0 Å². The lowest BCUT2D eigenvalue weighted by atomic mass is 9.92. The molecule has 2 heterocycles. The lowest BCUT2D eigenvalue weighted by Gasteiger charge is -2.35. The molecule has 6 heteroatoms. The van der Waals surface area contributed by atoms with Crippen molar-refractivity contribution < 1.29 is 8.42 Å². The molecule has 21 heavy (non-hydrogen) atoms. The van der Waals surface area contributed by atoms with E-state index in [2.05, 4.69) is 16.8 Å². The Bertz CT molecular complexity index is 574. The number of nitrogens with one attached hydrogen (secondary N) is 1. The van der Waals surface area contributed by atoms with Gasteiger partial charge in [0.1, 0.15) is 0 Å². The Morgan fingerprint density at radius 3 is 2.81 bits per heavy atom. The highest BCUT2D eigenvalue weighted by Crippen LogP contribution is 2.34. The Kier molecular flexibility index (Phi) is 4.69. The molecule has 0 radical (unpaired) electrons. The summed E-state index contributed by atoms with van der Waals surface area (Å²) in [5.74, 6) is 0.214. The van der Waals surface area contributed by atoms with Gasteiger partial charge in [0.15, 0.2) is 0 Å². The third-order valence-corrected chi connectivity index (χ3v) is 7.58. The Morgan fingerprint density at radius 2 is 2.10 bits per heavy atom. The van der Waals surface area contributed by atoms with Gasteiger partial charge in [0.05, 0.1) is 5.75 Å². The lowest BCUT2D eigenvalue weighted by Crippen LogP contribution is -2.46. The molecular weight excluding hydrogens is 304 g/mol. The smallest absolute Gasteiger partial charge is 0.213 e. The van der Waals surface area contributed by atoms with Crippen molar-refractivity contribution in [2.45, 2.75) is 51.1 Å². The van der Waals surface area contributed by atoms with Gasteiger partial charge in [-0.25, -0.2) is 12.7 Å². The maximum Gasteiger partial charge on any atom is 0.213 e. The normalized spacial score (nSPS) is 24.9. The zero-order chi connectivity index (χ0) is 14.9. The molecular formula is C15H24N2O2S2. The Hall–Kier alpha value is -0.430. The summed E-state index contributed by atoms with van der Waals surface area (Å²) in [6, 6.07) is 3.18. The first-order chi connectivity index (χ1) is 10.1. The third-order valence-electron chi connectivity index (χ3n) is 4.70. The van der Waals surface area contributed by atoms with Crippen LogP contribution in [0.3, 0.4) is 0 Å². The maximum absolute atomic E-state index is 11.9. The molecule has 3 rings (SSSR count). The van der Waals surface area contributed by atoms with E-state index in [0.29, 0.717) is 25.2 Å². The summed E-state index contributed by atoms with van der Waals surface area (Å²) in [6.07, 6.45) is 5.54. The van der Waals surface area contributed by atoms with Gasteiger partial charge in [0.25, 0.3) is 0 Å². The van der Waals surface area contributed by atoms with Gasteiger partial charge < -0.3 is 5.32 Å². The summed E-state index contributed by atoms with van der Waals surface area (Å²) < 4.78 is 25.4. The van der Waals surface area contributed by atoms with E-state index < -0.39 is 10.0 Å². The second kappa shape index (κ2) is 6.36. The molecule has 0 bridgehead atoms. The van der Waals surface area contributed by atoms with E-state index in [1.54, 1.807) is 11.2 Å². The van der Waals surface area contributed by atoms with Crippen molar-refractivity contribution in [1.82, 2.24) is 9.62 Å². The number of piperidine rings is 1. The van der Waals surface area contributed by atoms with Crippen LogP contribution >= 0.6 is 11.3 Å². The molecule has 0 amide bonds. The van der Waals surface area contributed by atoms with Crippen molar-refractivity contribution >= 4 is 21.4 Å². The zero-order valence-corrected chi connectivity index (χ0v) is 14.2. The number of nitrogens with zero attached hydrogens (tertiary/aromatic N) is 1. The van der Waals surface area contributed by atoms with Gasteiger partial charge in [-0.2, -0.15) is 0 Å². The van der Waals surface area contributed by atoms with E-state index in [1.807, 2.05) is 11.3 Å². The quantitative estimate of drug-likeness (QED) is 0.924. The van der Waals surface area contributed by atoms with Crippen LogP contribution in [-0.2, 0) is 16.4 Å². The summed E-state index contributed by atoms with van der Waals surface area (Å²) in [7, 11) is -3.01. The highest BCUT2D eigenvalue weighted by Gasteiger charge is 2.29. The Labute approximate surface area is 131 Å². The summed E-state index contributed by atoms with van der Waals surface area (Å²) in [6.45, 7) is 3.05. The molecule has 1 unspecified atom stereocenters. The first-order valence-electron chi connectivity index (χ1n) is 7.90. The summed E-state index contributed by atoms with van der Waals surface area (Å²) in [5, 5.41) is 5.97. The van der Waals surface area contributed by atoms with Crippen LogP contribution in [0, 0.1) is 0 Å². The van der Waals surface area contributed by atoms with Crippen LogP contribution in [0.15, 0.2) is 11.4 Å². The molecule has 1 N–H and O–H groups in total. The van der Waals surface area contributed by atoms with E-state index in [0.717, 1.165) is 12.8 Å². The SMILES string of the molecule is CCS(=O)(=O)N1CCC(NC2CCCc3sccc32)CC1. The number of hydrogen-bond donors (Lipinski definition) is 1. The molecule has 1 aromatic heterocycles. The van der Waals surface area contributed by atoms with E-state index in [4.69, 9.17) is 0 Å². The van der Waals surface area contributed by atoms with Gasteiger partial charge in [0, 0.05) is 30.1 Å². The second-order valence-corrected chi connectivity index (χ2v) is 9.24. The van der Waals surface area contributed by atoms with Crippen molar-refractivity contribution in [2.75, 3.05) is 18.8 Å². The van der Waals surface area contributed by atoms with Gasteiger partial charge in [0.2, 0.25) is 10.0 Å². The minimum absolute atomic E-state index is 0.214. The average molecular weight is 329 g/mol. The van der Waals surface area contributed by atoms with E-state index in [1.165, 1.54) is 29.7 Å². The molecule has 1 saturated heterocycles. The third kappa shape index (κ3) is 3.33. The fraction of sp³-hybridized carbons (Fsp3) is 0.733. The minimum Gasteiger partial charge on any atom is -0.307 e. The van der Waals surface area contributed by atoms with Gasteiger partial charge in [-0.1, -0.05) is 0 Å². The topological polar surface area (TPSA) is 49.4 Å². The van der Waals surface area contributed by atoms with Crippen LogP contribution in [0.2, 0.25) is 0 Å². The molecule has 4 nitrogen and oxygen atoms in total. The Morgan fingerprint density at radius 1 is 1.33 bits per heavy atom. The molecule has 1 aliphatic heterocycles. The molecule has 1 fully saturated rings. The highest BCUT2D eigenvalue weighted by atomic mass is 32.2. The molecule has 0 spiro atoms. The first kappa shape index (κ1) is 15.5. The standard InChI is InChI=1S/C15H24N2O2S2/c1-2-21(18,19)17-9-6-12(7-10-17)16-14-4-3-5-15-13(14)8-11-20-15/h8,11-12,14,16H,2-7,9-10H2,1H3. The van der Waals surface area contributed by atoms with E-state index >= 15 is 0 Å². The lowest BCUT2D eigenvalue weighted by molar-refractivity contribution is 0.266. The largest absolute Gasteiger partial charge is 0.307 e. The van der Waals surface area contributed by atoms with Crippen LogP contribution in [0.5, 0.6) is 0 Å². The number of rotatable bonds is 4. The average Bonchev–Trinajstić information content (AvgIpc) is 2.97. The second-order valence-electron chi connectivity index (χ2n) is 5.98. The van der Waals surface area contributed by atoms with E-state index in [9.17, 15) is 8.42 Å². The number of aryl methyl sites for hydroxylation is 1. The number of fused-ring (bicyclic) bond motifs is 1. The Balaban J connectivity index is 1.57. The summed E-state index contributed by atoms with van der Waals surface area (Å²) in [4.78, 5) is 1.53. The van der Waals surface area contributed by atoms with Crippen LogP contribution < -0.4 is 5.32 Å². The van der Waals surface area contributed by atoms with Gasteiger partial charge >= 0.3 is 0 Å². The summed E-state index contributed by atoms with van der Waals surface area (Å²) >= 11 is 1.87. The molecule has 1 aromatic rings. The molecule has 1 atom stereocenters. The fourth-order valence-electron chi connectivity index (χ4n) is 3.43. The summed E-state index contributed by atoms with van der Waals surface area (Å²) in [5.41, 5.74) is 1.48. The molecule has 118 valence electrons. The minimum atomic E-state index is -3.01. The van der Waals surface area contributed by atoms with Crippen molar-refractivity contribution in [2.24, 2.45) is 0 Å². The number of hydrogen-bond acceptors (Lipinski definition) is 4. The first-order valence-corrected chi connectivity index (χ1v) is 10.4.